The summed E-state index contributed by atoms with van der Waals surface area (Å²) >= 11 is 0. The molecule has 0 radical (unpaired) electrons. The predicted molar refractivity (Wildman–Crippen MR) is 72.5 cm³/mol. The third-order valence-electron chi connectivity index (χ3n) is 5.28. The first-order valence-electron chi connectivity index (χ1n) is 7.35. The number of aliphatic hydroxyl groups is 1. The summed E-state index contributed by atoms with van der Waals surface area (Å²) in [4.78, 5) is 14.6. The van der Waals surface area contributed by atoms with Crippen LogP contribution in [0.2, 0.25) is 0 Å². The molecule has 3 fully saturated rings. The molecule has 4 heteroatoms. The molecular weight excluding hydrogens is 254 g/mol. The highest BCUT2D eigenvalue weighted by Gasteiger charge is 2.62. The fourth-order valence-electron chi connectivity index (χ4n) is 4.25. The second-order valence-electron chi connectivity index (χ2n) is 6.21. The maximum absolute atomic E-state index is 12.7. The van der Waals surface area contributed by atoms with Gasteiger partial charge in [0.15, 0.2) is 0 Å². The molecule has 1 aliphatic carbocycles. The van der Waals surface area contributed by atoms with E-state index in [-0.39, 0.29) is 42.0 Å². The minimum atomic E-state index is -0.367. The average molecular weight is 273 g/mol. The predicted octanol–water partition coefficient (Wildman–Crippen LogP) is 1.56. The van der Waals surface area contributed by atoms with Gasteiger partial charge in [-0.3, -0.25) is 4.79 Å². The number of amides is 1. The van der Waals surface area contributed by atoms with E-state index in [9.17, 15) is 9.90 Å². The first-order valence-corrected chi connectivity index (χ1v) is 7.35. The summed E-state index contributed by atoms with van der Waals surface area (Å²) in [5.74, 6) is 0.428. The monoisotopic (exact) mass is 273 g/mol. The van der Waals surface area contributed by atoms with Gasteiger partial charge in [-0.15, -0.1) is 0 Å². The van der Waals surface area contributed by atoms with E-state index >= 15 is 0 Å². The molecule has 4 nitrogen and oxygen atoms in total. The zero-order valence-corrected chi connectivity index (χ0v) is 11.5. The molecule has 0 aromatic heterocycles. The Kier molecular flexibility index (Phi) is 2.66. The first kappa shape index (κ1) is 12.4. The van der Waals surface area contributed by atoms with Crippen LogP contribution in [-0.4, -0.2) is 34.9 Å². The van der Waals surface area contributed by atoms with E-state index in [0.29, 0.717) is 13.0 Å². The SMILES string of the molecule is C[C@H](c1ccccc1)N1C(=O)[C@H]2C[C@H](O)[C@H]3COC1[C@H]32. The summed E-state index contributed by atoms with van der Waals surface area (Å²) in [6.07, 6.45) is 0.0875. The smallest absolute Gasteiger partial charge is 0.228 e. The number of ether oxygens (including phenoxy) is 1. The van der Waals surface area contributed by atoms with Crippen LogP contribution >= 0.6 is 0 Å². The number of benzene rings is 1. The number of hydrogen-bond donors (Lipinski definition) is 1. The van der Waals surface area contributed by atoms with Gasteiger partial charge in [0, 0.05) is 17.8 Å². The molecule has 4 rings (SSSR count). The molecule has 20 heavy (non-hydrogen) atoms. The molecule has 0 bridgehead atoms. The van der Waals surface area contributed by atoms with E-state index in [1.807, 2.05) is 35.2 Å². The Labute approximate surface area is 118 Å². The number of hydrogen-bond acceptors (Lipinski definition) is 3. The Bertz CT molecular complexity index is 532. The fraction of sp³-hybridized carbons (Fsp3) is 0.562. The van der Waals surface area contributed by atoms with Gasteiger partial charge in [-0.1, -0.05) is 30.3 Å². The van der Waals surface area contributed by atoms with Gasteiger partial charge < -0.3 is 14.7 Å². The molecule has 1 amide bonds. The van der Waals surface area contributed by atoms with Crippen molar-refractivity contribution in [3.8, 4) is 0 Å². The average Bonchev–Trinajstić information content (AvgIpc) is 3.09. The zero-order valence-electron chi connectivity index (χ0n) is 11.5. The lowest BCUT2D eigenvalue weighted by atomic mass is 9.93. The van der Waals surface area contributed by atoms with Crippen molar-refractivity contribution >= 4 is 5.91 Å². The van der Waals surface area contributed by atoms with Gasteiger partial charge in [0.05, 0.1) is 18.8 Å². The molecule has 1 saturated carbocycles. The van der Waals surface area contributed by atoms with Crippen LogP contribution in [0.3, 0.4) is 0 Å². The summed E-state index contributed by atoms with van der Waals surface area (Å²) in [5.41, 5.74) is 1.13. The van der Waals surface area contributed by atoms with Gasteiger partial charge in [-0.25, -0.2) is 0 Å². The molecule has 3 aliphatic rings. The Morgan fingerprint density at radius 2 is 2.10 bits per heavy atom. The molecule has 2 saturated heterocycles. The minimum absolute atomic E-state index is 0.0233. The van der Waals surface area contributed by atoms with Crippen LogP contribution in [0.1, 0.15) is 24.9 Å². The number of aliphatic hydroxyl groups excluding tert-OH is 1. The van der Waals surface area contributed by atoms with Crippen LogP contribution in [0.25, 0.3) is 0 Å². The van der Waals surface area contributed by atoms with Gasteiger partial charge in [0.1, 0.15) is 6.23 Å². The lowest BCUT2D eigenvalue weighted by Gasteiger charge is -2.30. The highest BCUT2D eigenvalue weighted by molar-refractivity contribution is 5.83. The van der Waals surface area contributed by atoms with Gasteiger partial charge in [-0.2, -0.15) is 0 Å². The van der Waals surface area contributed by atoms with Crippen molar-refractivity contribution < 1.29 is 14.6 Å². The van der Waals surface area contributed by atoms with Crippen LogP contribution in [-0.2, 0) is 9.53 Å². The summed E-state index contributed by atoms with van der Waals surface area (Å²) < 4.78 is 5.85. The minimum Gasteiger partial charge on any atom is -0.393 e. The molecule has 2 aliphatic heterocycles. The van der Waals surface area contributed by atoms with Crippen LogP contribution in [0.15, 0.2) is 30.3 Å². The molecule has 106 valence electrons. The van der Waals surface area contributed by atoms with Gasteiger partial charge in [-0.05, 0) is 18.9 Å². The van der Waals surface area contributed by atoms with E-state index in [0.717, 1.165) is 5.56 Å². The van der Waals surface area contributed by atoms with Crippen LogP contribution in [0.4, 0.5) is 0 Å². The Hall–Kier alpha value is -1.39. The highest BCUT2D eigenvalue weighted by Crippen LogP contribution is 2.53. The maximum atomic E-state index is 12.7. The van der Waals surface area contributed by atoms with E-state index < -0.39 is 0 Å². The standard InChI is InChI=1S/C16H19NO3/c1-9(10-5-3-2-4-6-10)17-15(19)11-7-13(18)12-8-20-16(17)14(11)12/h2-6,9,11-14,16,18H,7-8H2,1H3/t9-,11+,12-,13+,14+,16?/m1/s1. The summed E-state index contributed by atoms with van der Waals surface area (Å²) in [7, 11) is 0. The second kappa shape index (κ2) is 4.30. The number of rotatable bonds is 2. The summed E-state index contributed by atoms with van der Waals surface area (Å²) in [5, 5.41) is 10.0. The number of likely N-dealkylation sites (tertiary alicyclic amines) is 1. The third kappa shape index (κ3) is 1.52. The van der Waals surface area contributed by atoms with Crippen LogP contribution < -0.4 is 0 Å². The van der Waals surface area contributed by atoms with E-state index in [1.54, 1.807) is 0 Å². The fourth-order valence-corrected chi connectivity index (χ4v) is 4.25. The Balaban J connectivity index is 1.66. The highest BCUT2D eigenvalue weighted by atomic mass is 16.5. The van der Waals surface area contributed by atoms with Crippen molar-refractivity contribution in [3.05, 3.63) is 35.9 Å². The van der Waals surface area contributed by atoms with E-state index in [4.69, 9.17) is 4.74 Å². The zero-order chi connectivity index (χ0) is 13.9. The molecule has 1 unspecified atom stereocenters. The van der Waals surface area contributed by atoms with Gasteiger partial charge >= 0.3 is 0 Å². The van der Waals surface area contributed by atoms with Crippen LogP contribution in [0.5, 0.6) is 0 Å². The lowest BCUT2D eigenvalue weighted by molar-refractivity contribution is -0.140. The normalized spacial score (nSPS) is 40.2. The van der Waals surface area contributed by atoms with E-state index in [1.165, 1.54) is 0 Å². The second-order valence-corrected chi connectivity index (χ2v) is 6.21. The molecule has 1 aromatic rings. The van der Waals surface area contributed by atoms with Crippen molar-refractivity contribution in [2.24, 2.45) is 17.8 Å². The topological polar surface area (TPSA) is 49.8 Å². The van der Waals surface area contributed by atoms with Crippen molar-refractivity contribution in [3.63, 3.8) is 0 Å². The summed E-state index contributed by atoms with van der Waals surface area (Å²) in [6.45, 7) is 2.64. The quantitative estimate of drug-likeness (QED) is 0.889. The molecular formula is C16H19NO3. The summed E-state index contributed by atoms with van der Waals surface area (Å²) in [6, 6.07) is 10.1. The Morgan fingerprint density at radius 1 is 1.35 bits per heavy atom. The molecule has 6 atom stereocenters. The molecule has 0 spiro atoms. The van der Waals surface area contributed by atoms with Gasteiger partial charge in [0.2, 0.25) is 5.91 Å². The largest absolute Gasteiger partial charge is 0.393 e. The maximum Gasteiger partial charge on any atom is 0.228 e. The van der Waals surface area contributed by atoms with Crippen molar-refractivity contribution in [2.45, 2.75) is 31.7 Å². The third-order valence-corrected chi connectivity index (χ3v) is 5.28. The molecule has 1 aromatic carbocycles. The van der Waals surface area contributed by atoms with Gasteiger partial charge in [0.25, 0.3) is 0 Å². The van der Waals surface area contributed by atoms with E-state index in [2.05, 4.69) is 6.92 Å². The first-order chi connectivity index (χ1) is 9.68. The van der Waals surface area contributed by atoms with Crippen molar-refractivity contribution in [2.75, 3.05) is 6.61 Å². The van der Waals surface area contributed by atoms with Crippen molar-refractivity contribution in [1.29, 1.82) is 0 Å². The number of nitrogens with zero attached hydrogens (tertiary/aromatic N) is 1. The number of carbonyl (C=O) groups is 1. The lowest BCUT2D eigenvalue weighted by Crippen LogP contribution is -2.38. The molecule has 2 heterocycles. The molecule has 1 N–H and O–H groups in total. The van der Waals surface area contributed by atoms with Crippen molar-refractivity contribution in [1.82, 2.24) is 4.90 Å². The number of carbonyl (C=O) groups excluding carboxylic acids is 1. The Morgan fingerprint density at radius 3 is 2.85 bits per heavy atom. The van der Waals surface area contributed by atoms with Crippen LogP contribution in [0, 0.1) is 17.8 Å².